The molecule has 156 valence electrons. The summed E-state index contributed by atoms with van der Waals surface area (Å²) in [4.78, 5) is 24.4. The number of carbonyl (C=O) groups is 2. The van der Waals surface area contributed by atoms with E-state index in [1.54, 1.807) is 6.07 Å². The van der Waals surface area contributed by atoms with E-state index in [0.29, 0.717) is 18.7 Å². The van der Waals surface area contributed by atoms with E-state index in [2.05, 4.69) is 10.0 Å². The molecule has 0 aromatic heterocycles. The fraction of sp³-hybridized carbons (Fsp3) is 0.333. The van der Waals surface area contributed by atoms with Crippen LogP contribution in [0.5, 0.6) is 0 Å². The summed E-state index contributed by atoms with van der Waals surface area (Å²) in [6, 6.07) is 12.9. The van der Waals surface area contributed by atoms with Crippen LogP contribution in [0.3, 0.4) is 0 Å². The van der Waals surface area contributed by atoms with Crippen LogP contribution in [0.4, 0.5) is 5.69 Å². The lowest BCUT2D eigenvalue weighted by molar-refractivity contribution is -0.119. The summed E-state index contributed by atoms with van der Waals surface area (Å²) in [7, 11) is -3.70. The molecule has 2 N–H and O–H groups in total. The molecule has 0 unspecified atom stereocenters. The van der Waals surface area contributed by atoms with Crippen molar-refractivity contribution in [3.63, 3.8) is 0 Å². The minimum atomic E-state index is -3.70. The summed E-state index contributed by atoms with van der Waals surface area (Å²) in [5, 5.41) is 2.74. The van der Waals surface area contributed by atoms with Gasteiger partial charge in [0.05, 0.1) is 10.5 Å². The monoisotopic (exact) mass is 418 g/mol. The van der Waals surface area contributed by atoms with Crippen molar-refractivity contribution in [2.45, 2.75) is 38.0 Å². The first-order chi connectivity index (χ1) is 13.7. The SMILES string of the molecule is CCCNS(=O)(=O)c1cccc(C(=O)OCC(=O)Nc2ccccc2C(C)C)c1. The molecule has 0 spiro atoms. The van der Waals surface area contributed by atoms with Crippen LogP contribution in [0.15, 0.2) is 53.4 Å². The zero-order chi connectivity index (χ0) is 21.4. The fourth-order valence-electron chi connectivity index (χ4n) is 2.62. The third kappa shape index (κ3) is 6.40. The Bertz CT molecular complexity index is 971. The first kappa shape index (κ1) is 22.6. The van der Waals surface area contributed by atoms with Crippen molar-refractivity contribution in [3.8, 4) is 0 Å². The standard InChI is InChI=1S/C21H26N2O5S/c1-4-12-22-29(26,27)17-9-7-8-16(13-17)21(25)28-14-20(24)23-19-11-6-5-10-18(19)15(2)3/h5-11,13,15,22H,4,12,14H2,1-3H3,(H,23,24). The topological polar surface area (TPSA) is 102 Å². The molecule has 7 nitrogen and oxygen atoms in total. The molecule has 0 radical (unpaired) electrons. The van der Waals surface area contributed by atoms with Gasteiger partial charge >= 0.3 is 5.97 Å². The van der Waals surface area contributed by atoms with Crippen LogP contribution in [0.2, 0.25) is 0 Å². The Morgan fingerprint density at radius 1 is 1.07 bits per heavy atom. The van der Waals surface area contributed by atoms with E-state index >= 15 is 0 Å². The van der Waals surface area contributed by atoms with E-state index in [1.807, 2.05) is 39.0 Å². The normalized spacial score (nSPS) is 11.3. The zero-order valence-electron chi connectivity index (χ0n) is 16.8. The highest BCUT2D eigenvalue weighted by Crippen LogP contribution is 2.23. The maximum absolute atomic E-state index is 12.3. The van der Waals surface area contributed by atoms with Crippen molar-refractivity contribution >= 4 is 27.6 Å². The van der Waals surface area contributed by atoms with Gasteiger partial charge in [0.2, 0.25) is 10.0 Å². The van der Waals surface area contributed by atoms with Gasteiger partial charge in [-0.15, -0.1) is 0 Å². The average molecular weight is 419 g/mol. The number of hydrogen-bond acceptors (Lipinski definition) is 5. The van der Waals surface area contributed by atoms with E-state index in [-0.39, 0.29) is 16.4 Å². The number of para-hydroxylation sites is 1. The Balaban J connectivity index is 2.01. The van der Waals surface area contributed by atoms with Crippen LogP contribution in [0.25, 0.3) is 0 Å². The van der Waals surface area contributed by atoms with Crippen molar-refractivity contribution in [2.24, 2.45) is 0 Å². The van der Waals surface area contributed by atoms with Gasteiger partial charge in [0, 0.05) is 12.2 Å². The predicted molar refractivity (Wildman–Crippen MR) is 111 cm³/mol. The lowest BCUT2D eigenvalue weighted by atomic mass is 10.0. The molecule has 8 heteroatoms. The van der Waals surface area contributed by atoms with E-state index in [1.165, 1.54) is 24.3 Å². The first-order valence-electron chi connectivity index (χ1n) is 9.40. The molecular weight excluding hydrogens is 392 g/mol. The molecular formula is C21H26N2O5S. The first-order valence-corrected chi connectivity index (χ1v) is 10.9. The van der Waals surface area contributed by atoms with Crippen LogP contribution in [-0.2, 0) is 19.6 Å². The molecule has 2 aromatic rings. The quantitative estimate of drug-likeness (QED) is 0.609. The van der Waals surface area contributed by atoms with Gasteiger partial charge < -0.3 is 10.1 Å². The van der Waals surface area contributed by atoms with E-state index < -0.39 is 28.5 Å². The Morgan fingerprint density at radius 2 is 1.79 bits per heavy atom. The van der Waals surface area contributed by atoms with Crippen molar-refractivity contribution in [1.82, 2.24) is 4.72 Å². The zero-order valence-corrected chi connectivity index (χ0v) is 17.6. The molecule has 0 bridgehead atoms. The number of esters is 1. The molecule has 29 heavy (non-hydrogen) atoms. The number of benzene rings is 2. The summed E-state index contributed by atoms with van der Waals surface area (Å²) in [5.74, 6) is -1.02. The third-order valence-electron chi connectivity index (χ3n) is 4.11. The van der Waals surface area contributed by atoms with Crippen molar-refractivity contribution < 1.29 is 22.7 Å². The number of amides is 1. The summed E-state index contributed by atoms with van der Waals surface area (Å²) in [5.41, 5.74) is 1.70. The van der Waals surface area contributed by atoms with Crippen LogP contribution in [0.1, 0.15) is 49.0 Å². The van der Waals surface area contributed by atoms with E-state index in [9.17, 15) is 18.0 Å². The van der Waals surface area contributed by atoms with Gasteiger partial charge in [-0.3, -0.25) is 4.79 Å². The number of rotatable bonds is 9. The average Bonchev–Trinajstić information content (AvgIpc) is 2.71. The van der Waals surface area contributed by atoms with Gasteiger partial charge in [-0.2, -0.15) is 0 Å². The number of hydrogen-bond donors (Lipinski definition) is 2. The molecule has 0 saturated heterocycles. The van der Waals surface area contributed by atoms with Crippen LogP contribution >= 0.6 is 0 Å². The summed E-state index contributed by atoms with van der Waals surface area (Å²) in [6.07, 6.45) is 0.649. The van der Waals surface area contributed by atoms with Gasteiger partial charge in [-0.05, 0) is 42.2 Å². The van der Waals surface area contributed by atoms with Crippen LogP contribution in [-0.4, -0.2) is 33.4 Å². The predicted octanol–water partition coefficient (Wildman–Crippen LogP) is 3.29. The smallest absolute Gasteiger partial charge is 0.338 e. The second kappa shape index (κ2) is 10.2. The number of nitrogens with one attached hydrogen (secondary N) is 2. The minimum absolute atomic E-state index is 0.0317. The highest BCUT2D eigenvalue weighted by atomic mass is 32.2. The lowest BCUT2D eigenvalue weighted by Crippen LogP contribution is -2.25. The minimum Gasteiger partial charge on any atom is -0.452 e. The van der Waals surface area contributed by atoms with E-state index in [4.69, 9.17) is 4.74 Å². The van der Waals surface area contributed by atoms with Gasteiger partial charge in [0.15, 0.2) is 6.61 Å². The second-order valence-electron chi connectivity index (χ2n) is 6.79. The number of carbonyl (C=O) groups excluding carboxylic acids is 2. The highest BCUT2D eigenvalue weighted by Gasteiger charge is 2.17. The molecule has 0 heterocycles. The summed E-state index contributed by atoms with van der Waals surface area (Å²) < 4.78 is 31.9. The molecule has 2 rings (SSSR count). The second-order valence-corrected chi connectivity index (χ2v) is 8.56. The molecule has 0 aliphatic carbocycles. The lowest BCUT2D eigenvalue weighted by Gasteiger charge is -2.13. The molecule has 0 aliphatic heterocycles. The molecule has 0 fully saturated rings. The van der Waals surface area contributed by atoms with Crippen molar-refractivity contribution in [3.05, 3.63) is 59.7 Å². The third-order valence-corrected chi connectivity index (χ3v) is 5.57. The summed E-state index contributed by atoms with van der Waals surface area (Å²) in [6.45, 7) is 5.70. The maximum Gasteiger partial charge on any atom is 0.338 e. The van der Waals surface area contributed by atoms with Crippen molar-refractivity contribution in [2.75, 3.05) is 18.5 Å². The van der Waals surface area contributed by atoms with Crippen molar-refractivity contribution in [1.29, 1.82) is 0 Å². The van der Waals surface area contributed by atoms with Gasteiger partial charge in [0.1, 0.15) is 0 Å². The Morgan fingerprint density at radius 3 is 2.48 bits per heavy atom. The van der Waals surface area contributed by atoms with Gasteiger partial charge in [-0.25, -0.2) is 17.9 Å². The number of ether oxygens (including phenoxy) is 1. The Labute approximate surface area is 171 Å². The molecule has 0 aliphatic rings. The van der Waals surface area contributed by atoms with E-state index in [0.717, 1.165) is 5.56 Å². The van der Waals surface area contributed by atoms with Gasteiger partial charge in [-0.1, -0.05) is 45.0 Å². The van der Waals surface area contributed by atoms with Gasteiger partial charge in [0.25, 0.3) is 5.91 Å². The number of sulfonamides is 1. The summed E-state index contributed by atoms with van der Waals surface area (Å²) >= 11 is 0. The number of anilines is 1. The maximum atomic E-state index is 12.3. The molecule has 0 saturated carbocycles. The largest absolute Gasteiger partial charge is 0.452 e. The highest BCUT2D eigenvalue weighted by molar-refractivity contribution is 7.89. The Kier molecular flexibility index (Phi) is 7.92. The van der Waals surface area contributed by atoms with Crippen LogP contribution < -0.4 is 10.0 Å². The Hall–Kier alpha value is -2.71. The molecule has 1 amide bonds. The fourth-order valence-corrected chi connectivity index (χ4v) is 3.80. The molecule has 2 aromatic carbocycles. The molecule has 0 atom stereocenters. The van der Waals surface area contributed by atoms with Crippen LogP contribution in [0, 0.1) is 0 Å².